The maximum absolute atomic E-state index is 12.2. The number of fused-ring (bicyclic) bond motifs is 2. The number of anilines is 1. The first-order valence-electron chi connectivity index (χ1n) is 8.20. The summed E-state index contributed by atoms with van der Waals surface area (Å²) in [6, 6.07) is 6.49. The van der Waals surface area contributed by atoms with Crippen LogP contribution >= 0.6 is 11.3 Å². The smallest absolute Gasteiger partial charge is 0.226 e. The number of carbonyl (C=O) groups is 1. The van der Waals surface area contributed by atoms with E-state index in [-0.39, 0.29) is 5.91 Å². The van der Waals surface area contributed by atoms with E-state index < -0.39 is 0 Å². The number of hydrogen-bond acceptors (Lipinski definition) is 4. The number of aromatic nitrogens is 2. The first-order chi connectivity index (χ1) is 11.7. The average molecular weight is 340 g/mol. The Morgan fingerprint density at radius 2 is 2.33 bits per heavy atom. The lowest BCUT2D eigenvalue weighted by atomic mass is 9.99. The Morgan fingerprint density at radius 3 is 3.21 bits per heavy atom. The number of imidazole rings is 1. The van der Waals surface area contributed by atoms with E-state index in [4.69, 9.17) is 0 Å². The van der Waals surface area contributed by atoms with Gasteiger partial charge >= 0.3 is 0 Å². The Kier molecular flexibility index (Phi) is 3.98. The molecule has 0 spiro atoms. The van der Waals surface area contributed by atoms with Gasteiger partial charge in [-0.25, -0.2) is 4.98 Å². The zero-order valence-electron chi connectivity index (χ0n) is 13.7. The molecule has 0 aliphatic carbocycles. The van der Waals surface area contributed by atoms with Gasteiger partial charge in [-0.2, -0.15) is 0 Å². The Balaban J connectivity index is 1.37. The minimum absolute atomic E-state index is 0.00981. The van der Waals surface area contributed by atoms with Crippen LogP contribution in [0.25, 0.3) is 4.96 Å². The number of amides is 1. The molecule has 1 N–H and O–H groups in total. The third kappa shape index (κ3) is 3.01. The molecule has 1 aliphatic rings. The van der Waals surface area contributed by atoms with E-state index in [1.165, 1.54) is 17.7 Å². The van der Waals surface area contributed by atoms with Gasteiger partial charge in [0.1, 0.15) is 0 Å². The predicted octanol–water partition coefficient (Wildman–Crippen LogP) is 2.64. The number of carbonyl (C=O) groups excluding carboxylic acids is 1. The lowest BCUT2D eigenvalue weighted by molar-refractivity contribution is -0.120. The topological polar surface area (TPSA) is 49.6 Å². The quantitative estimate of drug-likeness (QED) is 0.794. The molecule has 1 aliphatic heterocycles. The second-order valence-corrected chi connectivity index (χ2v) is 7.14. The monoisotopic (exact) mass is 340 g/mol. The van der Waals surface area contributed by atoms with E-state index in [9.17, 15) is 4.79 Å². The number of benzene rings is 1. The van der Waals surface area contributed by atoms with Crippen LogP contribution in [-0.2, 0) is 24.2 Å². The van der Waals surface area contributed by atoms with Gasteiger partial charge in [0.2, 0.25) is 5.91 Å². The van der Waals surface area contributed by atoms with Gasteiger partial charge in [-0.3, -0.25) is 9.20 Å². The molecule has 0 bridgehead atoms. The van der Waals surface area contributed by atoms with Crippen LogP contribution in [0.1, 0.15) is 23.2 Å². The van der Waals surface area contributed by atoms with Crippen LogP contribution in [0.4, 0.5) is 5.69 Å². The minimum Gasteiger partial charge on any atom is -0.374 e. The van der Waals surface area contributed by atoms with Gasteiger partial charge in [-0.1, -0.05) is 12.1 Å². The molecule has 0 saturated heterocycles. The fraction of sp³-hybridized carbons (Fsp3) is 0.333. The molecule has 0 atom stereocenters. The normalized spacial score (nSPS) is 14.0. The molecule has 1 aromatic carbocycles. The summed E-state index contributed by atoms with van der Waals surface area (Å²) in [5.41, 5.74) is 4.66. The standard InChI is InChI=1S/C18H20N4OS/c1-21-6-2-3-14-9-13(4-5-16(14)21)11-19-17(23)10-15-12-22-7-8-24-18(22)20-15/h4-5,7-9,12H,2-3,6,10-11H2,1H3,(H,19,23). The highest BCUT2D eigenvalue weighted by Gasteiger charge is 2.14. The van der Waals surface area contributed by atoms with Crippen molar-refractivity contribution in [1.29, 1.82) is 0 Å². The number of rotatable bonds is 4. The van der Waals surface area contributed by atoms with Gasteiger partial charge in [0.25, 0.3) is 0 Å². The molecule has 1 amide bonds. The number of nitrogens with one attached hydrogen (secondary N) is 1. The molecule has 0 saturated carbocycles. The van der Waals surface area contributed by atoms with Gasteiger partial charge in [0.15, 0.2) is 4.96 Å². The molecule has 2 aromatic heterocycles. The summed E-state index contributed by atoms with van der Waals surface area (Å²) < 4.78 is 1.95. The van der Waals surface area contributed by atoms with E-state index in [0.717, 1.165) is 29.2 Å². The van der Waals surface area contributed by atoms with Crippen molar-refractivity contribution in [3.63, 3.8) is 0 Å². The second-order valence-electron chi connectivity index (χ2n) is 6.27. The molecule has 6 heteroatoms. The molecular weight excluding hydrogens is 320 g/mol. The van der Waals surface area contributed by atoms with Crippen molar-refractivity contribution < 1.29 is 4.79 Å². The Hall–Kier alpha value is -2.34. The Labute approximate surface area is 144 Å². The molecule has 0 radical (unpaired) electrons. The van der Waals surface area contributed by atoms with E-state index in [1.54, 1.807) is 11.3 Å². The predicted molar refractivity (Wildman–Crippen MR) is 96.7 cm³/mol. The highest BCUT2D eigenvalue weighted by molar-refractivity contribution is 7.15. The van der Waals surface area contributed by atoms with Crippen LogP contribution in [0.2, 0.25) is 0 Å². The van der Waals surface area contributed by atoms with Gasteiger partial charge in [0.05, 0.1) is 12.1 Å². The summed E-state index contributed by atoms with van der Waals surface area (Å²) in [4.78, 5) is 19.8. The number of nitrogens with zero attached hydrogens (tertiary/aromatic N) is 3. The molecule has 0 fully saturated rings. The van der Waals surface area contributed by atoms with E-state index in [2.05, 4.69) is 40.4 Å². The highest BCUT2D eigenvalue weighted by Crippen LogP contribution is 2.26. The maximum Gasteiger partial charge on any atom is 0.226 e. The van der Waals surface area contributed by atoms with Crippen molar-refractivity contribution in [2.24, 2.45) is 0 Å². The zero-order chi connectivity index (χ0) is 16.5. The maximum atomic E-state index is 12.2. The van der Waals surface area contributed by atoms with E-state index in [1.807, 2.05) is 22.2 Å². The highest BCUT2D eigenvalue weighted by atomic mass is 32.1. The summed E-state index contributed by atoms with van der Waals surface area (Å²) in [5, 5.41) is 4.99. The van der Waals surface area contributed by atoms with E-state index >= 15 is 0 Å². The summed E-state index contributed by atoms with van der Waals surface area (Å²) in [6.07, 6.45) is 6.50. The Morgan fingerprint density at radius 1 is 1.42 bits per heavy atom. The molecule has 24 heavy (non-hydrogen) atoms. The van der Waals surface area contributed by atoms with Crippen molar-refractivity contribution in [3.8, 4) is 0 Å². The Bertz CT molecular complexity index is 854. The molecular formula is C18H20N4OS. The average Bonchev–Trinajstić information content (AvgIpc) is 3.14. The van der Waals surface area contributed by atoms with Gasteiger partial charge in [0, 0.05) is 43.6 Å². The van der Waals surface area contributed by atoms with Crippen molar-refractivity contribution >= 4 is 27.9 Å². The summed E-state index contributed by atoms with van der Waals surface area (Å²) >= 11 is 1.57. The number of hydrogen-bond donors (Lipinski definition) is 1. The molecule has 4 rings (SSSR count). The van der Waals surface area contributed by atoms with E-state index in [0.29, 0.717) is 13.0 Å². The lowest BCUT2D eigenvalue weighted by Gasteiger charge is -2.27. The van der Waals surface area contributed by atoms with Crippen LogP contribution < -0.4 is 10.2 Å². The SMILES string of the molecule is CN1CCCc2cc(CNC(=O)Cc3cn4ccsc4n3)ccc21. The third-order valence-electron chi connectivity index (χ3n) is 4.47. The van der Waals surface area contributed by atoms with Gasteiger partial charge in [-0.15, -0.1) is 11.3 Å². The first kappa shape index (κ1) is 15.2. The second kappa shape index (κ2) is 6.28. The van der Waals surface area contributed by atoms with Crippen molar-refractivity contribution in [2.45, 2.75) is 25.8 Å². The largest absolute Gasteiger partial charge is 0.374 e. The van der Waals surface area contributed by atoms with Crippen molar-refractivity contribution in [1.82, 2.24) is 14.7 Å². The zero-order valence-corrected chi connectivity index (χ0v) is 14.5. The molecule has 124 valence electrons. The summed E-state index contributed by atoms with van der Waals surface area (Å²) in [5.74, 6) is 0.00981. The minimum atomic E-state index is 0.00981. The molecule has 3 aromatic rings. The van der Waals surface area contributed by atoms with Crippen LogP contribution in [0.5, 0.6) is 0 Å². The van der Waals surface area contributed by atoms with Crippen LogP contribution in [-0.4, -0.2) is 28.9 Å². The lowest BCUT2D eigenvalue weighted by Crippen LogP contribution is -2.26. The third-order valence-corrected chi connectivity index (χ3v) is 5.24. The first-order valence-corrected chi connectivity index (χ1v) is 9.08. The fourth-order valence-corrected chi connectivity index (χ4v) is 3.96. The molecule has 5 nitrogen and oxygen atoms in total. The number of thiazole rings is 1. The fourth-order valence-electron chi connectivity index (χ4n) is 3.24. The van der Waals surface area contributed by atoms with Crippen LogP contribution in [0.15, 0.2) is 36.0 Å². The summed E-state index contributed by atoms with van der Waals surface area (Å²) in [7, 11) is 2.13. The molecule has 0 unspecified atom stereocenters. The van der Waals surface area contributed by atoms with Gasteiger partial charge in [-0.05, 0) is 30.0 Å². The van der Waals surface area contributed by atoms with Crippen molar-refractivity contribution in [2.75, 3.05) is 18.5 Å². The van der Waals surface area contributed by atoms with Crippen LogP contribution in [0.3, 0.4) is 0 Å². The number of aryl methyl sites for hydroxylation is 1. The molecule has 3 heterocycles. The van der Waals surface area contributed by atoms with Crippen molar-refractivity contribution in [3.05, 3.63) is 52.8 Å². The van der Waals surface area contributed by atoms with Gasteiger partial charge < -0.3 is 10.2 Å². The van der Waals surface area contributed by atoms with Crippen LogP contribution in [0, 0.1) is 0 Å². The summed E-state index contributed by atoms with van der Waals surface area (Å²) in [6.45, 7) is 1.68.